The van der Waals surface area contributed by atoms with Gasteiger partial charge in [-0.25, -0.2) is 0 Å². The minimum Gasteiger partial charge on any atom is -0.493 e. The van der Waals surface area contributed by atoms with Gasteiger partial charge >= 0.3 is 0 Å². The maximum Gasteiger partial charge on any atom is 0.253 e. The van der Waals surface area contributed by atoms with Crippen LogP contribution in [0.3, 0.4) is 0 Å². The number of ether oxygens (including phenoxy) is 3. The van der Waals surface area contributed by atoms with E-state index in [0.717, 1.165) is 31.7 Å². The second-order valence-electron chi connectivity index (χ2n) is 6.97. The average molecular weight is 333 g/mol. The summed E-state index contributed by atoms with van der Waals surface area (Å²) in [6.07, 6.45) is 1.79. The number of nitrogens with zero attached hydrogens (tertiary/aromatic N) is 1. The smallest absolute Gasteiger partial charge is 0.253 e. The lowest BCUT2D eigenvalue weighted by Crippen LogP contribution is -2.41. The zero-order valence-electron chi connectivity index (χ0n) is 14.6. The first kappa shape index (κ1) is 17.2. The van der Waals surface area contributed by atoms with Gasteiger partial charge in [0.25, 0.3) is 5.91 Å². The van der Waals surface area contributed by atoms with Crippen molar-refractivity contribution in [2.75, 3.05) is 32.9 Å². The lowest BCUT2D eigenvalue weighted by Gasteiger charge is -2.34. The molecule has 2 aliphatic rings. The lowest BCUT2D eigenvalue weighted by molar-refractivity contribution is -0.0956. The number of hydrogen-bond donors (Lipinski definition) is 0. The van der Waals surface area contributed by atoms with Gasteiger partial charge in [-0.3, -0.25) is 4.79 Å². The van der Waals surface area contributed by atoms with E-state index >= 15 is 0 Å². The Hall–Kier alpha value is -1.59. The van der Waals surface area contributed by atoms with E-state index in [9.17, 15) is 4.79 Å². The summed E-state index contributed by atoms with van der Waals surface area (Å²) in [5.74, 6) is 1.70. The number of rotatable bonds is 5. The van der Waals surface area contributed by atoms with Crippen molar-refractivity contribution < 1.29 is 19.0 Å². The Morgan fingerprint density at radius 3 is 2.62 bits per heavy atom. The maximum atomic E-state index is 12.7. The molecule has 3 rings (SSSR count). The van der Waals surface area contributed by atoms with E-state index in [1.807, 2.05) is 29.2 Å². The number of carbonyl (C=O) groups excluding carboxylic acids is 1. The summed E-state index contributed by atoms with van der Waals surface area (Å²) in [7, 11) is 0. The first-order chi connectivity index (χ1) is 11.6. The van der Waals surface area contributed by atoms with E-state index in [-0.39, 0.29) is 12.2 Å². The van der Waals surface area contributed by atoms with Gasteiger partial charge < -0.3 is 19.1 Å². The largest absolute Gasteiger partial charge is 0.493 e. The zero-order valence-corrected chi connectivity index (χ0v) is 14.6. The van der Waals surface area contributed by atoms with Gasteiger partial charge in [-0.05, 0) is 37.0 Å². The second-order valence-corrected chi connectivity index (χ2v) is 6.97. The summed E-state index contributed by atoms with van der Waals surface area (Å²) in [6.45, 7) is 7.76. The fourth-order valence-corrected chi connectivity index (χ4v) is 3.19. The Labute approximate surface area is 143 Å². The molecule has 0 saturated carbocycles. The molecule has 0 bridgehead atoms. The fraction of sp³-hybridized carbons (Fsp3) is 0.632. The zero-order chi connectivity index (χ0) is 16.9. The number of hydrogen-bond acceptors (Lipinski definition) is 4. The number of likely N-dealkylation sites (tertiary alicyclic amines) is 1. The SMILES string of the molecule is CC(C)COc1cccc(C(=O)N2CCC(C3OCCO3)CC2)c1. The third-order valence-electron chi connectivity index (χ3n) is 4.52. The molecule has 2 aliphatic heterocycles. The van der Waals surface area contributed by atoms with Gasteiger partial charge in [-0.15, -0.1) is 0 Å². The second kappa shape index (κ2) is 7.99. The summed E-state index contributed by atoms with van der Waals surface area (Å²) in [5, 5.41) is 0. The molecule has 2 heterocycles. The highest BCUT2D eigenvalue weighted by Crippen LogP contribution is 2.27. The Balaban J connectivity index is 1.55. The molecule has 0 aliphatic carbocycles. The topological polar surface area (TPSA) is 48.0 Å². The molecule has 1 aromatic rings. The van der Waals surface area contributed by atoms with E-state index in [2.05, 4.69) is 13.8 Å². The van der Waals surface area contributed by atoms with Gasteiger partial charge in [-0.2, -0.15) is 0 Å². The number of carbonyl (C=O) groups is 1. The average Bonchev–Trinajstić information content (AvgIpc) is 3.14. The van der Waals surface area contributed by atoms with Gasteiger partial charge in [0, 0.05) is 24.6 Å². The molecule has 24 heavy (non-hydrogen) atoms. The van der Waals surface area contributed by atoms with Crippen molar-refractivity contribution in [2.45, 2.75) is 33.0 Å². The normalized spacial score (nSPS) is 19.9. The van der Waals surface area contributed by atoms with Crippen molar-refractivity contribution in [1.29, 1.82) is 0 Å². The lowest BCUT2D eigenvalue weighted by atomic mass is 9.95. The van der Waals surface area contributed by atoms with Crippen molar-refractivity contribution in [3.63, 3.8) is 0 Å². The molecule has 1 aromatic carbocycles. The fourth-order valence-electron chi connectivity index (χ4n) is 3.19. The van der Waals surface area contributed by atoms with E-state index in [1.165, 1.54) is 0 Å². The summed E-state index contributed by atoms with van der Waals surface area (Å²) < 4.78 is 16.9. The summed E-state index contributed by atoms with van der Waals surface area (Å²) in [4.78, 5) is 14.6. The van der Waals surface area contributed by atoms with Crippen LogP contribution in [0.1, 0.15) is 37.0 Å². The Morgan fingerprint density at radius 1 is 1.25 bits per heavy atom. The predicted molar refractivity (Wildman–Crippen MR) is 91.1 cm³/mol. The molecule has 132 valence electrons. The van der Waals surface area contributed by atoms with Crippen LogP contribution in [0.2, 0.25) is 0 Å². The highest BCUT2D eigenvalue weighted by Gasteiger charge is 2.32. The van der Waals surface area contributed by atoms with Crippen molar-refractivity contribution in [3.05, 3.63) is 29.8 Å². The van der Waals surface area contributed by atoms with Crippen LogP contribution < -0.4 is 4.74 Å². The Bertz CT molecular complexity index is 546. The molecule has 5 heteroatoms. The summed E-state index contributed by atoms with van der Waals surface area (Å²) in [5.41, 5.74) is 0.697. The molecule has 0 unspecified atom stereocenters. The number of piperidine rings is 1. The minimum absolute atomic E-state index is 0.0741. The van der Waals surface area contributed by atoms with E-state index in [0.29, 0.717) is 37.2 Å². The highest BCUT2D eigenvalue weighted by atomic mass is 16.7. The van der Waals surface area contributed by atoms with Crippen LogP contribution >= 0.6 is 0 Å². The van der Waals surface area contributed by atoms with Crippen molar-refractivity contribution in [1.82, 2.24) is 4.90 Å². The third-order valence-corrected chi connectivity index (χ3v) is 4.52. The monoisotopic (exact) mass is 333 g/mol. The van der Waals surface area contributed by atoms with Gasteiger partial charge in [0.2, 0.25) is 0 Å². The summed E-state index contributed by atoms with van der Waals surface area (Å²) >= 11 is 0. The molecular weight excluding hydrogens is 306 g/mol. The predicted octanol–water partition coefficient (Wildman–Crippen LogP) is 2.95. The van der Waals surface area contributed by atoms with Crippen LogP contribution in [0.4, 0.5) is 0 Å². The minimum atomic E-state index is -0.0741. The highest BCUT2D eigenvalue weighted by molar-refractivity contribution is 5.94. The molecular formula is C19H27NO4. The number of amides is 1. The van der Waals surface area contributed by atoms with Gasteiger partial charge in [0.15, 0.2) is 6.29 Å². The molecule has 5 nitrogen and oxygen atoms in total. The first-order valence-electron chi connectivity index (χ1n) is 8.89. The first-order valence-corrected chi connectivity index (χ1v) is 8.89. The molecule has 0 N–H and O–H groups in total. The van der Waals surface area contributed by atoms with Crippen LogP contribution in [0.15, 0.2) is 24.3 Å². The van der Waals surface area contributed by atoms with Gasteiger partial charge in [-0.1, -0.05) is 19.9 Å². The van der Waals surface area contributed by atoms with Crippen LogP contribution in [-0.4, -0.2) is 50.0 Å². The van der Waals surface area contributed by atoms with Crippen molar-refractivity contribution in [3.8, 4) is 5.75 Å². The third kappa shape index (κ3) is 4.28. The quantitative estimate of drug-likeness (QED) is 0.831. The number of benzene rings is 1. The van der Waals surface area contributed by atoms with E-state index in [4.69, 9.17) is 14.2 Å². The van der Waals surface area contributed by atoms with Crippen LogP contribution in [0.25, 0.3) is 0 Å². The van der Waals surface area contributed by atoms with E-state index < -0.39 is 0 Å². The van der Waals surface area contributed by atoms with Gasteiger partial charge in [0.1, 0.15) is 5.75 Å². The molecule has 1 amide bonds. The van der Waals surface area contributed by atoms with Crippen LogP contribution in [0, 0.1) is 11.8 Å². The Kier molecular flexibility index (Phi) is 5.74. The van der Waals surface area contributed by atoms with Crippen molar-refractivity contribution in [2.24, 2.45) is 11.8 Å². The maximum absolute atomic E-state index is 12.7. The Morgan fingerprint density at radius 2 is 1.96 bits per heavy atom. The standard InChI is InChI=1S/C19H27NO4/c1-14(2)13-24-17-5-3-4-16(12-17)18(21)20-8-6-15(7-9-20)19-22-10-11-23-19/h3-5,12,14-15,19H,6-11,13H2,1-2H3. The molecule has 2 fully saturated rings. The van der Waals surface area contributed by atoms with Crippen LogP contribution in [-0.2, 0) is 9.47 Å². The molecule has 0 spiro atoms. The molecule has 0 atom stereocenters. The molecule has 0 aromatic heterocycles. The van der Waals surface area contributed by atoms with E-state index in [1.54, 1.807) is 0 Å². The molecule has 2 saturated heterocycles. The van der Waals surface area contributed by atoms with Gasteiger partial charge in [0.05, 0.1) is 19.8 Å². The summed E-state index contributed by atoms with van der Waals surface area (Å²) in [6, 6.07) is 7.50. The van der Waals surface area contributed by atoms with Crippen molar-refractivity contribution >= 4 is 5.91 Å². The van der Waals surface area contributed by atoms with Crippen LogP contribution in [0.5, 0.6) is 5.75 Å². The molecule has 0 radical (unpaired) electrons.